The average Bonchev–Trinajstić information content (AvgIpc) is 3.06. The van der Waals surface area contributed by atoms with Crippen molar-refractivity contribution >= 4 is 10.0 Å². The van der Waals surface area contributed by atoms with Crippen molar-refractivity contribution in [2.45, 2.75) is 31.0 Å². The molecular formula is C38H39NO5S. The molecule has 1 atom stereocenters. The highest BCUT2D eigenvalue weighted by atomic mass is 32.2. The maximum atomic E-state index is 11.2. The number of aliphatic hydroxyl groups is 1. The second-order valence-electron chi connectivity index (χ2n) is 11.6. The number of nitrogens with one attached hydrogen (secondary N) is 1. The van der Waals surface area contributed by atoms with Crippen LogP contribution in [0.5, 0.6) is 11.5 Å². The van der Waals surface area contributed by atoms with Crippen molar-refractivity contribution < 1.29 is 23.0 Å². The highest BCUT2D eigenvalue weighted by Crippen LogP contribution is 2.42. The van der Waals surface area contributed by atoms with Crippen molar-refractivity contribution in [3.63, 3.8) is 0 Å². The van der Waals surface area contributed by atoms with Gasteiger partial charge in [0, 0.05) is 28.7 Å². The van der Waals surface area contributed by atoms with Crippen LogP contribution in [0, 0.1) is 0 Å². The molecule has 6 nitrogen and oxygen atoms in total. The molecule has 0 aliphatic carbocycles. The predicted molar refractivity (Wildman–Crippen MR) is 179 cm³/mol. The Labute approximate surface area is 266 Å². The maximum Gasteiger partial charge on any atom is 0.208 e. The molecule has 0 aliphatic heterocycles. The second kappa shape index (κ2) is 13.7. The van der Waals surface area contributed by atoms with Gasteiger partial charge >= 0.3 is 0 Å². The van der Waals surface area contributed by atoms with Crippen molar-refractivity contribution in [3.8, 4) is 11.5 Å². The zero-order chi connectivity index (χ0) is 31.9. The first-order valence-electron chi connectivity index (χ1n) is 14.9. The summed E-state index contributed by atoms with van der Waals surface area (Å²) < 4.78 is 37.5. The van der Waals surface area contributed by atoms with Gasteiger partial charge in [-0.15, -0.1) is 0 Å². The SMILES string of the molecule is CC(C)(c1ccc(OCC(O)CNS(C)(=O)=O)cc1)c1ccc(OC(c2ccccc2)(c2ccccc2)c2ccccc2)cc1. The van der Waals surface area contributed by atoms with Gasteiger partial charge in [0.2, 0.25) is 10.0 Å². The van der Waals surface area contributed by atoms with Crippen LogP contribution in [0.15, 0.2) is 140 Å². The highest BCUT2D eigenvalue weighted by molar-refractivity contribution is 7.88. The normalized spacial score (nSPS) is 12.8. The minimum Gasteiger partial charge on any atom is -0.491 e. The topological polar surface area (TPSA) is 84.9 Å². The molecule has 0 spiro atoms. The van der Waals surface area contributed by atoms with Gasteiger partial charge in [-0.1, -0.05) is 129 Å². The third kappa shape index (κ3) is 7.63. The molecule has 5 aromatic rings. The lowest BCUT2D eigenvalue weighted by Crippen LogP contribution is -2.36. The highest BCUT2D eigenvalue weighted by Gasteiger charge is 2.39. The Balaban J connectivity index is 1.38. The third-order valence-corrected chi connectivity index (χ3v) is 8.68. The Morgan fingerprint density at radius 1 is 0.622 bits per heavy atom. The lowest BCUT2D eigenvalue weighted by Gasteiger charge is -2.36. The van der Waals surface area contributed by atoms with Crippen LogP contribution in [0.3, 0.4) is 0 Å². The van der Waals surface area contributed by atoms with Crippen LogP contribution >= 0.6 is 0 Å². The minimum absolute atomic E-state index is 0.0246. The monoisotopic (exact) mass is 621 g/mol. The molecule has 1 unspecified atom stereocenters. The van der Waals surface area contributed by atoms with E-state index in [4.69, 9.17) is 9.47 Å². The fraction of sp³-hybridized carbons (Fsp3) is 0.211. The largest absolute Gasteiger partial charge is 0.491 e. The van der Waals surface area contributed by atoms with E-state index in [0.29, 0.717) is 5.75 Å². The molecule has 0 radical (unpaired) electrons. The molecule has 0 heterocycles. The van der Waals surface area contributed by atoms with Crippen LogP contribution in [0.2, 0.25) is 0 Å². The molecule has 0 aromatic heterocycles. The standard InChI is InChI=1S/C38H39NO5S/c1-37(2,29-19-23-35(24-20-29)43-28-34(40)27-39-45(3,41)42)30-21-25-36(26-22-30)44-38(31-13-7-4-8-14-31,32-15-9-5-10-16-32)33-17-11-6-12-18-33/h4-26,34,39-40H,27-28H2,1-3H3. The van der Waals surface area contributed by atoms with E-state index in [2.05, 4.69) is 67.1 Å². The molecule has 0 bridgehead atoms. The molecule has 7 heteroatoms. The number of hydrogen-bond acceptors (Lipinski definition) is 5. The predicted octanol–water partition coefficient (Wildman–Crippen LogP) is 6.67. The average molecular weight is 622 g/mol. The molecule has 232 valence electrons. The first-order chi connectivity index (χ1) is 21.6. The summed E-state index contributed by atoms with van der Waals surface area (Å²) in [6, 6.07) is 47.0. The van der Waals surface area contributed by atoms with E-state index < -0.39 is 21.7 Å². The summed E-state index contributed by atoms with van der Waals surface area (Å²) in [6.45, 7) is 4.21. The maximum absolute atomic E-state index is 11.2. The Morgan fingerprint density at radius 2 is 1.02 bits per heavy atom. The summed E-state index contributed by atoms with van der Waals surface area (Å²) in [5, 5.41) is 10.0. The second-order valence-corrected chi connectivity index (χ2v) is 13.5. The van der Waals surface area contributed by atoms with Crippen LogP contribution in [-0.4, -0.2) is 39.0 Å². The first kappa shape index (κ1) is 32.0. The number of aliphatic hydroxyl groups excluding tert-OH is 1. The number of benzene rings is 5. The van der Waals surface area contributed by atoms with Crippen molar-refractivity contribution in [1.29, 1.82) is 0 Å². The Kier molecular flexibility index (Phi) is 9.73. The molecule has 0 aliphatic rings. The molecule has 45 heavy (non-hydrogen) atoms. The van der Waals surface area contributed by atoms with Crippen molar-refractivity contribution in [2.75, 3.05) is 19.4 Å². The molecule has 5 aromatic carbocycles. The smallest absolute Gasteiger partial charge is 0.208 e. The Bertz CT molecular complexity index is 1660. The zero-order valence-electron chi connectivity index (χ0n) is 25.8. The number of hydrogen-bond donors (Lipinski definition) is 2. The van der Waals surface area contributed by atoms with Crippen LogP contribution < -0.4 is 14.2 Å². The first-order valence-corrected chi connectivity index (χ1v) is 16.8. The summed E-state index contributed by atoms with van der Waals surface area (Å²) in [5.74, 6) is 1.34. The Morgan fingerprint density at radius 3 is 1.42 bits per heavy atom. The summed E-state index contributed by atoms with van der Waals surface area (Å²) in [6.07, 6.45) is 0.0932. The summed E-state index contributed by atoms with van der Waals surface area (Å²) >= 11 is 0. The van der Waals surface area contributed by atoms with Crippen molar-refractivity contribution in [1.82, 2.24) is 4.72 Å². The molecule has 0 saturated heterocycles. The van der Waals surface area contributed by atoms with Gasteiger partial charge < -0.3 is 14.6 Å². The number of rotatable bonds is 13. The fourth-order valence-corrected chi connectivity index (χ4v) is 5.94. The van der Waals surface area contributed by atoms with Gasteiger partial charge in [-0.2, -0.15) is 0 Å². The quantitative estimate of drug-likeness (QED) is 0.144. The lowest BCUT2D eigenvalue weighted by molar-refractivity contribution is 0.111. The van der Waals surface area contributed by atoms with Gasteiger partial charge in [0.1, 0.15) is 24.2 Å². The van der Waals surface area contributed by atoms with Gasteiger partial charge in [-0.05, 0) is 35.4 Å². The fourth-order valence-electron chi connectivity index (χ4n) is 5.45. The van der Waals surface area contributed by atoms with Crippen LogP contribution in [0.25, 0.3) is 0 Å². The summed E-state index contributed by atoms with van der Waals surface area (Å²) in [4.78, 5) is 0. The van der Waals surface area contributed by atoms with E-state index >= 15 is 0 Å². The summed E-state index contributed by atoms with van der Waals surface area (Å²) in [7, 11) is -3.37. The molecule has 0 fully saturated rings. The molecule has 0 amide bonds. The molecule has 5 rings (SSSR count). The van der Waals surface area contributed by atoms with E-state index in [1.807, 2.05) is 91.0 Å². The van der Waals surface area contributed by atoms with E-state index in [-0.39, 0.29) is 18.6 Å². The van der Waals surface area contributed by atoms with Gasteiger partial charge in [0.25, 0.3) is 0 Å². The third-order valence-electron chi connectivity index (χ3n) is 7.99. The molecular weight excluding hydrogens is 582 g/mol. The minimum atomic E-state index is -3.37. The van der Waals surface area contributed by atoms with Gasteiger partial charge in [0.15, 0.2) is 5.60 Å². The number of sulfonamides is 1. The molecule has 2 N–H and O–H groups in total. The van der Waals surface area contributed by atoms with Crippen LogP contribution in [-0.2, 0) is 21.0 Å². The van der Waals surface area contributed by atoms with E-state index in [9.17, 15) is 13.5 Å². The summed E-state index contributed by atoms with van der Waals surface area (Å²) in [5.41, 5.74) is 4.15. The van der Waals surface area contributed by atoms with E-state index in [0.717, 1.165) is 39.8 Å². The lowest BCUT2D eigenvalue weighted by atomic mass is 9.78. The van der Waals surface area contributed by atoms with Crippen LogP contribution in [0.4, 0.5) is 0 Å². The van der Waals surface area contributed by atoms with Gasteiger partial charge in [-0.3, -0.25) is 0 Å². The van der Waals surface area contributed by atoms with Gasteiger partial charge in [0.05, 0.1) is 6.26 Å². The van der Waals surface area contributed by atoms with E-state index in [1.54, 1.807) is 0 Å². The zero-order valence-corrected chi connectivity index (χ0v) is 26.6. The van der Waals surface area contributed by atoms with Gasteiger partial charge in [-0.25, -0.2) is 13.1 Å². The van der Waals surface area contributed by atoms with Crippen molar-refractivity contribution in [3.05, 3.63) is 167 Å². The Hall–Kier alpha value is -4.43. The van der Waals surface area contributed by atoms with Crippen molar-refractivity contribution in [2.24, 2.45) is 0 Å². The number of ether oxygens (including phenoxy) is 2. The van der Waals surface area contributed by atoms with E-state index in [1.165, 1.54) is 0 Å². The van der Waals surface area contributed by atoms with Crippen LogP contribution in [0.1, 0.15) is 41.7 Å². The molecule has 0 saturated carbocycles.